The van der Waals surface area contributed by atoms with Gasteiger partial charge in [0.25, 0.3) is 0 Å². The van der Waals surface area contributed by atoms with Crippen molar-refractivity contribution < 1.29 is 0 Å². The van der Waals surface area contributed by atoms with Crippen LogP contribution in [0.2, 0.25) is 0 Å². The van der Waals surface area contributed by atoms with E-state index in [1.165, 1.54) is 25.9 Å². The van der Waals surface area contributed by atoms with Crippen molar-refractivity contribution in [1.29, 1.82) is 0 Å². The van der Waals surface area contributed by atoms with Crippen molar-refractivity contribution in [3.8, 4) is 0 Å². The first-order valence-corrected chi connectivity index (χ1v) is 5.75. The van der Waals surface area contributed by atoms with Crippen molar-refractivity contribution in [2.45, 2.75) is 25.4 Å². The minimum atomic E-state index is 0. The van der Waals surface area contributed by atoms with Crippen molar-refractivity contribution in [3.63, 3.8) is 0 Å². The van der Waals surface area contributed by atoms with E-state index in [0.29, 0.717) is 0 Å². The number of likely N-dealkylation sites (tertiary alicyclic amines) is 1. The van der Waals surface area contributed by atoms with Crippen LogP contribution in [0.15, 0.2) is 18.5 Å². The Balaban J connectivity index is 0.00000128. The average molecular weight is 281 g/mol. The fourth-order valence-corrected chi connectivity index (χ4v) is 2.12. The summed E-state index contributed by atoms with van der Waals surface area (Å²) in [6, 6.07) is 2.71. The molecule has 0 amide bonds. The summed E-state index contributed by atoms with van der Waals surface area (Å²) < 4.78 is 2.00. The number of hydrogen-bond acceptors (Lipinski definition) is 3. The summed E-state index contributed by atoms with van der Waals surface area (Å²) in [7, 11) is 2.06. The lowest BCUT2D eigenvalue weighted by Crippen LogP contribution is -2.42. The van der Waals surface area contributed by atoms with Crippen LogP contribution in [0.1, 0.15) is 12.8 Å². The van der Waals surface area contributed by atoms with Gasteiger partial charge in [0.1, 0.15) is 0 Å². The van der Waals surface area contributed by atoms with Gasteiger partial charge in [-0.15, -0.1) is 24.8 Å². The van der Waals surface area contributed by atoms with E-state index in [-0.39, 0.29) is 24.8 Å². The highest BCUT2D eigenvalue weighted by Crippen LogP contribution is 2.09. The maximum absolute atomic E-state index is 4.21. The van der Waals surface area contributed by atoms with E-state index in [4.69, 9.17) is 0 Å². The Kier molecular flexibility index (Phi) is 8.60. The van der Waals surface area contributed by atoms with Gasteiger partial charge >= 0.3 is 0 Å². The molecule has 6 heteroatoms. The van der Waals surface area contributed by atoms with E-state index in [2.05, 4.69) is 22.4 Å². The summed E-state index contributed by atoms with van der Waals surface area (Å²) in [6.45, 7) is 4.56. The molecule has 100 valence electrons. The Bertz CT molecular complexity index is 271. The predicted molar refractivity (Wildman–Crippen MR) is 75.2 cm³/mol. The molecular weight excluding hydrogens is 259 g/mol. The van der Waals surface area contributed by atoms with Gasteiger partial charge in [0.05, 0.1) is 6.54 Å². The van der Waals surface area contributed by atoms with Crippen LogP contribution >= 0.6 is 24.8 Å². The molecule has 1 N–H and O–H groups in total. The van der Waals surface area contributed by atoms with Crippen molar-refractivity contribution in [2.75, 3.05) is 26.7 Å². The van der Waals surface area contributed by atoms with E-state index in [1.54, 1.807) is 0 Å². The van der Waals surface area contributed by atoms with Crippen LogP contribution in [0.4, 0.5) is 0 Å². The summed E-state index contributed by atoms with van der Waals surface area (Å²) in [5.41, 5.74) is 0. The van der Waals surface area contributed by atoms with Crippen LogP contribution < -0.4 is 5.32 Å². The second kappa shape index (κ2) is 8.75. The molecule has 1 aliphatic heterocycles. The minimum Gasteiger partial charge on any atom is -0.317 e. The molecule has 1 aromatic rings. The van der Waals surface area contributed by atoms with E-state index >= 15 is 0 Å². The molecule has 0 bridgehead atoms. The van der Waals surface area contributed by atoms with Gasteiger partial charge in [0.15, 0.2) is 0 Å². The molecule has 0 saturated carbocycles. The van der Waals surface area contributed by atoms with Gasteiger partial charge in [-0.25, -0.2) is 0 Å². The Hall–Kier alpha value is -0.290. The SMILES string of the molecule is CNC1CCN(CCn2cccn2)CC1.Cl.Cl. The number of halogens is 2. The quantitative estimate of drug-likeness (QED) is 0.906. The largest absolute Gasteiger partial charge is 0.317 e. The Morgan fingerprint density at radius 2 is 1.94 bits per heavy atom. The molecule has 0 radical (unpaired) electrons. The Morgan fingerprint density at radius 1 is 1.24 bits per heavy atom. The van der Waals surface area contributed by atoms with Gasteiger partial charge in [0, 0.05) is 25.0 Å². The molecule has 1 fully saturated rings. The van der Waals surface area contributed by atoms with Gasteiger partial charge in [-0.05, 0) is 39.0 Å². The minimum absolute atomic E-state index is 0. The second-order valence-electron chi connectivity index (χ2n) is 4.17. The summed E-state index contributed by atoms with van der Waals surface area (Å²) in [6.07, 6.45) is 6.42. The zero-order chi connectivity index (χ0) is 10.5. The molecule has 4 nitrogen and oxygen atoms in total. The molecule has 1 aromatic heterocycles. The third-order valence-corrected chi connectivity index (χ3v) is 3.20. The molecule has 0 atom stereocenters. The first kappa shape index (κ1) is 16.7. The van der Waals surface area contributed by atoms with Crippen LogP contribution in [0, 0.1) is 0 Å². The third kappa shape index (κ3) is 5.25. The normalized spacial score (nSPS) is 17.2. The molecule has 1 aliphatic rings. The summed E-state index contributed by atoms with van der Waals surface area (Å²) in [5.74, 6) is 0. The van der Waals surface area contributed by atoms with Gasteiger partial charge in [0.2, 0.25) is 0 Å². The zero-order valence-electron chi connectivity index (χ0n) is 10.2. The lowest BCUT2D eigenvalue weighted by atomic mass is 10.1. The van der Waals surface area contributed by atoms with Gasteiger partial charge in [-0.1, -0.05) is 0 Å². The number of aromatic nitrogens is 2. The zero-order valence-corrected chi connectivity index (χ0v) is 11.8. The highest BCUT2D eigenvalue weighted by Gasteiger charge is 2.16. The number of rotatable bonds is 4. The molecule has 0 aliphatic carbocycles. The van der Waals surface area contributed by atoms with E-state index in [9.17, 15) is 0 Å². The van der Waals surface area contributed by atoms with Gasteiger partial charge in [-0.2, -0.15) is 5.10 Å². The Morgan fingerprint density at radius 3 is 2.47 bits per heavy atom. The fraction of sp³-hybridized carbons (Fsp3) is 0.727. The number of nitrogens with one attached hydrogen (secondary N) is 1. The first-order valence-electron chi connectivity index (χ1n) is 5.75. The summed E-state index contributed by atoms with van der Waals surface area (Å²) >= 11 is 0. The van der Waals surface area contributed by atoms with Gasteiger partial charge < -0.3 is 10.2 Å². The topological polar surface area (TPSA) is 33.1 Å². The maximum Gasteiger partial charge on any atom is 0.0536 e. The number of nitrogens with zero attached hydrogens (tertiary/aromatic N) is 3. The smallest absolute Gasteiger partial charge is 0.0536 e. The maximum atomic E-state index is 4.21. The van der Waals surface area contributed by atoms with E-state index in [0.717, 1.165) is 19.1 Å². The van der Waals surface area contributed by atoms with Crippen molar-refractivity contribution in [1.82, 2.24) is 20.0 Å². The summed E-state index contributed by atoms with van der Waals surface area (Å²) in [5, 5.41) is 7.56. The molecule has 1 saturated heterocycles. The van der Waals surface area contributed by atoms with E-state index < -0.39 is 0 Å². The number of piperidine rings is 1. The fourth-order valence-electron chi connectivity index (χ4n) is 2.12. The first-order chi connectivity index (χ1) is 7.38. The van der Waals surface area contributed by atoms with Gasteiger partial charge in [-0.3, -0.25) is 4.68 Å². The van der Waals surface area contributed by atoms with Crippen LogP contribution in [0.25, 0.3) is 0 Å². The van der Waals surface area contributed by atoms with Crippen molar-refractivity contribution >= 4 is 24.8 Å². The molecular formula is C11H22Cl2N4. The molecule has 17 heavy (non-hydrogen) atoms. The van der Waals surface area contributed by atoms with Crippen LogP contribution in [-0.2, 0) is 6.54 Å². The monoisotopic (exact) mass is 280 g/mol. The summed E-state index contributed by atoms with van der Waals surface area (Å²) in [4.78, 5) is 2.52. The van der Waals surface area contributed by atoms with Crippen molar-refractivity contribution in [2.24, 2.45) is 0 Å². The Labute approximate surface area is 116 Å². The highest BCUT2D eigenvalue weighted by atomic mass is 35.5. The lowest BCUT2D eigenvalue weighted by molar-refractivity contribution is 0.193. The molecule has 0 spiro atoms. The lowest BCUT2D eigenvalue weighted by Gasteiger charge is -2.31. The van der Waals surface area contributed by atoms with Crippen LogP contribution in [-0.4, -0.2) is 47.4 Å². The molecule has 0 aromatic carbocycles. The molecule has 2 rings (SSSR count). The van der Waals surface area contributed by atoms with Crippen molar-refractivity contribution in [3.05, 3.63) is 18.5 Å². The van der Waals surface area contributed by atoms with Crippen LogP contribution in [0.3, 0.4) is 0 Å². The third-order valence-electron chi connectivity index (χ3n) is 3.20. The predicted octanol–water partition coefficient (Wildman–Crippen LogP) is 1.41. The van der Waals surface area contributed by atoms with Crippen LogP contribution in [0.5, 0.6) is 0 Å². The molecule has 0 unspecified atom stereocenters. The standard InChI is InChI=1S/C11H20N4.2ClH/c1-12-11-3-7-14(8-4-11)9-10-15-6-2-5-13-15;;/h2,5-6,11-12H,3-4,7-10H2,1H3;2*1H. The highest BCUT2D eigenvalue weighted by molar-refractivity contribution is 5.85. The second-order valence-corrected chi connectivity index (χ2v) is 4.17. The average Bonchev–Trinajstić information content (AvgIpc) is 2.80. The number of hydrogen-bond donors (Lipinski definition) is 1. The van der Waals surface area contributed by atoms with E-state index in [1.807, 2.05) is 23.1 Å². The molecule has 2 heterocycles.